The van der Waals surface area contributed by atoms with Gasteiger partial charge in [0.05, 0.1) is 22.8 Å². The number of aliphatic hydroxyl groups is 1. The van der Waals surface area contributed by atoms with Crippen molar-refractivity contribution in [3.8, 4) is 0 Å². The van der Waals surface area contributed by atoms with Gasteiger partial charge in [-0.15, -0.1) is 11.8 Å². The Morgan fingerprint density at radius 1 is 1.00 bits per heavy atom. The predicted octanol–water partition coefficient (Wildman–Crippen LogP) is 3.01. The van der Waals surface area contributed by atoms with E-state index < -0.39 is 0 Å². The van der Waals surface area contributed by atoms with E-state index in [0.29, 0.717) is 27.5 Å². The van der Waals surface area contributed by atoms with Crippen molar-refractivity contribution < 1.29 is 14.7 Å². The van der Waals surface area contributed by atoms with Crippen molar-refractivity contribution in [2.75, 3.05) is 17.3 Å². The smallest absolute Gasteiger partial charge is 0.272 e. The van der Waals surface area contributed by atoms with Crippen LogP contribution < -0.4 is 4.90 Å². The van der Waals surface area contributed by atoms with Crippen LogP contribution in [0.3, 0.4) is 0 Å². The number of amides is 2. The molecule has 1 aliphatic heterocycles. The number of nitrogens with zero attached hydrogens (tertiary/aromatic N) is 1. The lowest BCUT2D eigenvalue weighted by atomic mass is 10.1. The summed E-state index contributed by atoms with van der Waals surface area (Å²) in [4.78, 5) is 27.4. The van der Waals surface area contributed by atoms with Gasteiger partial charge in [0.25, 0.3) is 11.8 Å². The summed E-state index contributed by atoms with van der Waals surface area (Å²) in [6.07, 6.45) is 0. The molecule has 0 fully saturated rings. The van der Waals surface area contributed by atoms with Crippen molar-refractivity contribution in [2.45, 2.75) is 6.92 Å². The summed E-state index contributed by atoms with van der Waals surface area (Å²) in [6.45, 7) is 1.86. The first-order chi connectivity index (χ1) is 11.6. The van der Waals surface area contributed by atoms with Gasteiger partial charge in [0.2, 0.25) is 0 Å². The normalized spacial score (nSPS) is 14.7. The van der Waals surface area contributed by atoms with Crippen LogP contribution in [0.15, 0.2) is 59.5 Å². The van der Waals surface area contributed by atoms with E-state index in [1.807, 2.05) is 55.5 Å². The van der Waals surface area contributed by atoms with Crippen LogP contribution in [0.4, 0.5) is 5.69 Å². The highest BCUT2D eigenvalue weighted by Crippen LogP contribution is 2.38. The molecule has 0 saturated heterocycles. The van der Waals surface area contributed by atoms with E-state index >= 15 is 0 Å². The zero-order chi connectivity index (χ0) is 17.1. The molecule has 0 saturated carbocycles. The van der Waals surface area contributed by atoms with Crippen LogP contribution in [-0.4, -0.2) is 29.3 Å². The maximum Gasteiger partial charge on any atom is 0.272 e. The fraction of sp³-hybridized carbons (Fsp3) is 0.158. The predicted molar refractivity (Wildman–Crippen MR) is 96.6 cm³/mol. The van der Waals surface area contributed by atoms with Gasteiger partial charge >= 0.3 is 0 Å². The lowest BCUT2D eigenvalue weighted by Crippen LogP contribution is -2.31. The summed E-state index contributed by atoms with van der Waals surface area (Å²) >= 11 is 1.22. The maximum absolute atomic E-state index is 13.0. The second-order valence-corrected chi connectivity index (χ2v) is 6.53. The van der Waals surface area contributed by atoms with Crippen molar-refractivity contribution in [3.05, 3.63) is 70.6 Å². The van der Waals surface area contributed by atoms with E-state index in [9.17, 15) is 9.59 Å². The summed E-state index contributed by atoms with van der Waals surface area (Å²) in [7, 11) is 0. The van der Waals surface area contributed by atoms with Crippen LogP contribution in [0, 0.1) is 6.92 Å². The minimum absolute atomic E-state index is 0.0534. The molecule has 1 N–H and O–H groups in total. The van der Waals surface area contributed by atoms with E-state index in [1.54, 1.807) is 6.07 Å². The third-order valence-corrected chi connectivity index (χ3v) is 4.76. The molecule has 2 aromatic carbocycles. The second kappa shape index (κ2) is 7.03. The molecule has 2 amide bonds. The van der Waals surface area contributed by atoms with E-state index in [2.05, 4.69) is 0 Å². The van der Waals surface area contributed by atoms with Crippen molar-refractivity contribution in [1.29, 1.82) is 0 Å². The number of carbonyl (C=O) groups is 2. The molecule has 2 aromatic rings. The SMILES string of the molecule is Cc1cccc(N2C(=O)C(SCCO)=C(c3ccccc3)C2=O)c1. The fourth-order valence-electron chi connectivity index (χ4n) is 2.65. The van der Waals surface area contributed by atoms with Gasteiger partial charge in [-0.3, -0.25) is 9.59 Å². The van der Waals surface area contributed by atoms with Crippen LogP contribution in [0.25, 0.3) is 5.57 Å². The number of benzene rings is 2. The molecule has 5 heteroatoms. The van der Waals surface area contributed by atoms with Crippen LogP contribution in [0.2, 0.25) is 0 Å². The minimum atomic E-state index is -0.331. The topological polar surface area (TPSA) is 57.6 Å². The molecule has 0 atom stereocenters. The number of aliphatic hydroxyl groups excluding tert-OH is 1. The molecule has 4 nitrogen and oxygen atoms in total. The van der Waals surface area contributed by atoms with Gasteiger partial charge in [0.15, 0.2) is 0 Å². The molecule has 122 valence electrons. The van der Waals surface area contributed by atoms with Crippen LogP contribution >= 0.6 is 11.8 Å². The van der Waals surface area contributed by atoms with Crippen molar-refractivity contribution in [3.63, 3.8) is 0 Å². The summed E-state index contributed by atoms with van der Waals surface area (Å²) in [5.41, 5.74) is 2.66. The quantitative estimate of drug-likeness (QED) is 0.851. The number of anilines is 1. The van der Waals surface area contributed by atoms with Crippen LogP contribution in [0.1, 0.15) is 11.1 Å². The van der Waals surface area contributed by atoms with E-state index in [0.717, 1.165) is 5.56 Å². The van der Waals surface area contributed by atoms with E-state index in [1.165, 1.54) is 16.7 Å². The summed E-state index contributed by atoms with van der Waals surface area (Å²) in [5.74, 6) is -0.285. The highest BCUT2D eigenvalue weighted by molar-refractivity contribution is 8.04. The number of imide groups is 1. The highest BCUT2D eigenvalue weighted by atomic mass is 32.2. The van der Waals surface area contributed by atoms with Gasteiger partial charge in [0.1, 0.15) is 0 Å². The first kappa shape index (κ1) is 16.5. The molecule has 24 heavy (non-hydrogen) atoms. The molecule has 1 aliphatic rings. The van der Waals surface area contributed by atoms with E-state index in [4.69, 9.17) is 5.11 Å². The Labute approximate surface area is 144 Å². The number of hydrogen-bond acceptors (Lipinski definition) is 4. The maximum atomic E-state index is 13.0. The van der Waals surface area contributed by atoms with Gasteiger partial charge in [-0.25, -0.2) is 4.90 Å². The molecule has 0 spiro atoms. The Balaban J connectivity index is 2.07. The standard InChI is InChI=1S/C19H17NO3S/c1-13-6-5-9-15(12-13)20-18(22)16(14-7-3-2-4-8-14)17(19(20)23)24-11-10-21/h2-9,12,21H,10-11H2,1H3. The van der Waals surface area contributed by atoms with E-state index in [-0.39, 0.29) is 18.4 Å². The monoisotopic (exact) mass is 339 g/mol. The number of aryl methyl sites for hydroxylation is 1. The molecule has 0 aliphatic carbocycles. The number of carbonyl (C=O) groups excluding carboxylic acids is 2. The van der Waals surface area contributed by atoms with Gasteiger partial charge in [0, 0.05) is 5.75 Å². The van der Waals surface area contributed by atoms with Crippen LogP contribution in [0.5, 0.6) is 0 Å². The zero-order valence-electron chi connectivity index (χ0n) is 13.2. The summed E-state index contributed by atoms with van der Waals surface area (Å²) in [6, 6.07) is 16.5. The lowest BCUT2D eigenvalue weighted by Gasteiger charge is -2.15. The molecule has 3 rings (SSSR count). The molecule has 0 bridgehead atoms. The largest absolute Gasteiger partial charge is 0.396 e. The average Bonchev–Trinajstić information content (AvgIpc) is 2.84. The Hall–Kier alpha value is -2.37. The Morgan fingerprint density at radius 3 is 2.42 bits per heavy atom. The first-order valence-electron chi connectivity index (χ1n) is 7.62. The first-order valence-corrected chi connectivity index (χ1v) is 8.61. The van der Waals surface area contributed by atoms with Gasteiger partial charge in [-0.05, 0) is 30.2 Å². The third-order valence-electron chi connectivity index (χ3n) is 3.70. The lowest BCUT2D eigenvalue weighted by molar-refractivity contribution is -0.119. The number of thioether (sulfide) groups is 1. The molecular weight excluding hydrogens is 322 g/mol. The average molecular weight is 339 g/mol. The molecule has 1 heterocycles. The Bertz CT molecular complexity index is 814. The van der Waals surface area contributed by atoms with Gasteiger partial charge < -0.3 is 5.11 Å². The van der Waals surface area contributed by atoms with Gasteiger partial charge in [-0.1, -0.05) is 42.5 Å². The number of hydrogen-bond donors (Lipinski definition) is 1. The molecule has 0 unspecified atom stereocenters. The minimum Gasteiger partial charge on any atom is -0.396 e. The fourth-order valence-corrected chi connectivity index (χ4v) is 3.51. The van der Waals surface area contributed by atoms with Crippen LogP contribution in [-0.2, 0) is 9.59 Å². The second-order valence-electron chi connectivity index (χ2n) is 5.43. The zero-order valence-corrected chi connectivity index (χ0v) is 14.0. The molecule has 0 radical (unpaired) electrons. The Morgan fingerprint density at radius 2 is 1.75 bits per heavy atom. The molecule has 0 aromatic heterocycles. The Kier molecular flexibility index (Phi) is 4.83. The molecular formula is C19H17NO3S. The summed E-state index contributed by atoms with van der Waals surface area (Å²) < 4.78 is 0. The third kappa shape index (κ3) is 3.00. The number of rotatable bonds is 5. The highest BCUT2D eigenvalue weighted by Gasteiger charge is 2.39. The van der Waals surface area contributed by atoms with Crippen molar-refractivity contribution >= 4 is 34.8 Å². The van der Waals surface area contributed by atoms with Gasteiger partial charge in [-0.2, -0.15) is 0 Å². The summed E-state index contributed by atoms with van der Waals surface area (Å²) in [5, 5.41) is 9.10. The van der Waals surface area contributed by atoms with Crippen molar-refractivity contribution in [1.82, 2.24) is 0 Å². The van der Waals surface area contributed by atoms with Crippen molar-refractivity contribution in [2.24, 2.45) is 0 Å².